The van der Waals surface area contributed by atoms with Gasteiger partial charge >= 0.3 is 0 Å². The first-order valence-electron chi connectivity index (χ1n) is 7.73. The van der Waals surface area contributed by atoms with E-state index in [0.29, 0.717) is 24.8 Å². The summed E-state index contributed by atoms with van der Waals surface area (Å²) < 4.78 is 6.20. The number of amides is 1. The van der Waals surface area contributed by atoms with E-state index in [1.165, 1.54) is 0 Å². The Morgan fingerprint density at radius 2 is 1.79 bits per heavy atom. The summed E-state index contributed by atoms with van der Waals surface area (Å²) in [6, 6.07) is 12.9. The second kappa shape index (κ2) is 8.82. The molecule has 0 fully saturated rings. The molecule has 2 aromatic carbocycles. The van der Waals surface area contributed by atoms with Gasteiger partial charge in [-0.2, -0.15) is 0 Å². The summed E-state index contributed by atoms with van der Waals surface area (Å²) in [5.41, 5.74) is 2.50. The van der Waals surface area contributed by atoms with Gasteiger partial charge in [-0.15, -0.1) is 0 Å². The molecular formula is C19H20INO3. The van der Waals surface area contributed by atoms with Gasteiger partial charge in [-0.25, -0.2) is 0 Å². The van der Waals surface area contributed by atoms with Crippen LogP contribution < -0.4 is 10.1 Å². The summed E-state index contributed by atoms with van der Waals surface area (Å²) in [5, 5.41) is 2.90. The molecule has 2 aromatic rings. The molecule has 0 aliphatic rings. The molecular weight excluding hydrogens is 417 g/mol. The van der Waals surface area contributed by atoms with Crippen molar-refractivity contribution in [1.29, 1.82) is 0 Å². The Hall–Kier alpha value is -1.89. The maximum absolute atomic E-state index is 12.1. The predicted octanol–water partition coefficient (Wildman–Crippen LogP) is 4.60. The Bertz CT molecular complexity index is 726. The van der Waals surface area contributed by atoms with Gasteiger partial charge in [0.2, 0.25) is 5.91 Å². The fourth-order valence-corrected chi connectivity index (χ4v) is 2.96. The number of carbonyl (C=O) groups excluding carboxylic acids is 2. The van der Waals surface area contributed by atoms with Crippen molar-refractivity contribution in [1.82, 2.24) is 0 Å². The van der Waals surface area contributed by atoms with Gasteiger partial charge in [-0.3, -0.25) is 9.59 Å². The van der Waals surface area contributed by atoms with Crippen LogP contribution in [0.15, 0.2) is 42.5 Å². The third-order valence-corrected chi connectivity index (χ3v) is 4.35. The Kier molecular flexibility index (Phi) is 6.78. The molecule has 0 spiro atoms. The van der Waals surface area contributed by atoms with E-state index < -0.39 is 0 Å². The molecule has 24 heavy (non-hydrogen) atoms. The van der Waals surface area contributed by atoms with E-state index in [2.05, 4.69) is 27.9 Å². The number of ketones is 1. The lowest BCUT2D eigenvalue weighted by molar-refractivity contribution is -0.116. The molecule has 0 atom stereocenters. The molecule has 2 rings (SSSR count). The predicted molar refractivity (Wildman–Crippen MR) is 104 cm³/mol. The highest BCUT2D eigenvalue weighted by Crippen LogP contribution is 2.18. The van der Waals surface area contributed by atoms with Gasteiger partial charge in [0.15, 0.2) is 5.78 Å². The molecule has 0 aliphatic heterocycles. The number of anilines is 1. The smallest absolute Gasteiger partial charge is 0.224 e. The maximum Gasteiger partial charge on any atom is 0.224 e. The van der Waals surface area contributed by atoms with Crippen LogP contribution in [0.4, 0.5) is 5.69 Å². The number of halogens is 1. The van der Waals surface area contributed by atoms with Crippen LogP contribution in [0, 0.1) is 10.5 Å². The van der Waals surface area contributed by atoms with E-state index in [1.807, 2.05) is 25.1 Å². The van der Waals surface area contributed by atoms with E-state index >= 15 is 0 Å². The summed E-state index contributed by atoms with van der Waals surface area (Å²) in [6.45, 7) is 1.96. The number of hydrogen-bond donors (Lipinski definition) is 1. The van der Waals surface area contributed by atoms with Crippen molar-refractivity contribution in [2.24, 2.45) is 0 Å². The first-order chi connectivity index (χ1) is 11.5. The number of ether oxygens (including phenoxy) is 1. The minimum atomic E-state index is -0.0677. The van der Waals surface area contributed by atoms with Gasteiger partial charge in [0.1, 0.15) is 5.75 Å². The van der Waals surface area contributed by atoms with Crippen LogP contribution >= 0.6 is 22.6 Å². The number of hydrogen-bond acceptors (Lipinski definition) is 3. The van der Waals surface area contributed by atoms with Gasteiger partial charge in [-0.05, 0) is 84.0 Å². The lowest BCUT2D eigenvalue weighted by atomic mass is 10.1. The normalized spacial score (nSPS) is 10.3. The second-order valence-electron chi connectivity index (χ2n) is 5.51. The van der Waals surface area contributed by atoms with E-state index in [-0.39, 0.29) is 11.7 Å². The molecule has 0 radical (unpaired) electrons. The highest BCUT2D eigenvalue weighted by Gasteiger charge is 2.09. The summed E-state index contributed by atoms with van der Waals surface area (Å²) in [5.74, 6) is 0.691. The number of Topliss-reactive ketones (excluding diaryl/α,β-unsaturated/α-hetero) is 1. The topological polar surface area (TPSA) is 55.4 Å². The molecule has 0 bridgehead atoms. The number of benzene rings is 2. The van der Waals surface area contributed by atoms with E-state index in [9.17, 15) is 9.59 Å². The van der Waals surface area contributed by atoms with Crippen LogP contribution in [0.2, 0.25) is 0 Å². The van der Waals surface area contributed by atoms with Crippen LogP contribution in [-0.2, 0) is 4.79 Å². The van der Waals surface area contributed by atoms with Gasteiger partial charge in [-0.1, -0.05) is 0 Å². The quantitative estimate of drug-likeness (QED) is 0.509. The van der Waals surface area contributed by atoms with Crippen molar-refractivity contribution in [3.8, 4) is 5.75 Å². The minimum absolute atomic E-state index is 0.0379. The first kappa shape index (κ1) is 18.4. The molecule has 126 valence electrons. The molecule has 4 nitrogen and oxygen atoms in total. The summed E-state index contributed by atoms with van der Waals surface area (Å²) in [7, 11) is 1.59. The van der Waals surface area contributed by atoms with Crippen LogP contribution in [0.3, 0.4) is 0 Å². The van der Waals surface area contributed by atoms with Crippen LogP contribution in [-0.4, -0.2) is 18.8 Å². The lowest BCUT2D eigenvalue weighted by Crippen LogP contribution is -2.13. The second-order valence-corrected chi connectivity index (χ2v) is 6.76. The van der Waals surface area contributed by atoms with E-state index in [4.69, 9.17) is 4.74 Å². The minimum Gasteiger partial charge on any atom is -0.497 e. The fourth-order valence-electron chi connectivity index (χ4n) is 2.31. The average molecular weight is 437 g/mol. The molecule has 1 N–H and O–H groups in total. The standard InChI is InChI=1S/C19H20INO3/c1-13-12-15(20)8-11-17(13)21-19(23)5-3-4-18(22)14-6-9-16(24-2)10-7-14/h6-12H,3-5H2,1-2H3,(H,21,23). The monoisotopic (exact) mass is 437 g/mol. The SMILES string of the molecule is COc1ccc(C(=O)CCCC(=O)Nc2ccc(I)cc2C)cc1. The third-order valence-electron chi connectivity index (χ3n) is 3.68. The zero-order valence-electron chi connectivity index (χ0n) is 13.8. The summed E-state index contributed by atoms with van der Waals surface area (Å²) in [4.78, 5) is 24.1. The Balaban J connectivity index is 1.80. The summed E-state index contributed by atoms with van der Waals surface area (Å²) in [6.07, 6.45) is 1.21. The zero-order chi connectivity index (χ0) is 17.5. The Morgan fingerprint density at radius 1 is 1.08 bits per heavy atom. The number of methoxy groups -OCH3 is 1. The average Bonchev–Trinajstić information content (AvgIpc) is 2.57. The maximum atomic E-state index is 12.1. The number of rotatable bonds is 7. The molecule has 0 aliphatic carbocycles. The first-order valence-corrected chi connectivity index (χ1v) is 8.80. The van der Waals surface area contributed by atoms with Gasteiger partial charge in [0.25, 0.3) is 0 Å². The molecule has 0 heterocycles. The molecule has 1 amide bonds. The molecule has 0 unspecified atom stereocenters. The highest BCUT2D eigenvalue weighted by molar-refractivity contribution is 14.1. The van der Waals surface area contributed by atoms with Crippen molar-refractivity contribution in [2.75, 3.05) is 12.4 Å². The van der Waals surface area contributed by atoms with Crippen molar-refractivity contribution in [2.45, 2.75) is 26.2 Å². The molecule has 0 saturated carbocycles. The van der Waals surface area contributed by atoms with Crippen LogP contribution in [0.1, 0.15) is 35.2 Å². The number of nitrogens with one attached hydrogen (secondary N) is 1. The van der Waals surface area contributed by atoms with Crippen molar-refractivity contribution in [3.63, 3.8) is 0 Å². The zero-order valence-corrected chi connectivity index (χ0v) is 15.9. The van der Waals surface area contributed by atoms with E-state index in [0.717, 1.165) is 20.6 Å². The van der Waals surface area contributed by atoms with Crippen molar-refractivity contribution < 1.29 is 14.3 Å². The number of aryl methyl sites for hydroxylation is 1. The lowest BCUT2D eigenvalue weighted by Gasteiger charge is -2.08. The van der Waals surface area contributed by atoms with Crippen LogP contribution in [0.25, 0.3) is 0 Å². The van der Waals surface area contributed by atoms with Crippen LogP contribution in [0.5, 0.6) is 5.75 Å². The van der Waals surface area contributed by atoms with Crippen molar-refractivity contribution in [3.05, 3.63) is 57.2 Å². The van der Waals surface area contributed by atoms with Gasteiger partial charge in [0, 0.05) is 27.7 Å². The molecule has 0 saturated heterocycles. The Labute approximate surface area is 155 Å². The number of carbonyl (C=O) groups is 2. The molecule has 5 heteroatoms. The van der Waals surface area contributed by atoms with Gasteiger partial charge in [0.05, 0.1) is 7.11 Å². The highest BCUT2D eigenvalue weighted by atomic mass is 127. The van der Waals surface area contributed by atoms with E-state index in [1.54, 1.807) is 31.4 Å². The summed E-state index contributed by atoms with van der Waals surface area (Å²) >= 11 is 2.24. The van der Waals surface area contributed by atoms with Gasteiger partial charge < -0.3 is 10.1 Å². The largest absolute Gasteiger partial charge is 0.497 e. The van der Waals surface area contributed by atoms with Crippen molar-refractivity contribution >= 4 is 40.0 Å². The third kappa shape index (κ3) is 5.33. The Morgan fingerprint density at radius 3 is 2.42 bits per heavy atom. The fraction of sp³-hybridized carbons (Fsp3) is 0.263. The molecule has 0 aromatic heterocycles.